The van der Waals surface area contributed by atoms with Crippen molar-refractivity contribution in [3.8, 4) is 11.6 Å². The minimum absolute atomic E-state index is 0.0631. The summed E-state index contributed by atoms with van der Waals surface area (Å²) in [4.78, 5) is 26.9. The molecule has 0 saturated heterocycles. The van der Waals surface area contributed by atoms with E-state index in [0.717, 1.165) is 56.6 Å². The molecule has 1 aromatic carbocycles. The molecule has 3 aliphatic rings. The van der Waals surface area contributed by atoms with E-state index >= 15 is 0 Å². The van der Waals surface area contributed by atoms with Crippen LogP contribution in [0.15, 0.2) is 47.5 Å². The summed E-state index contributed by atoms with van der Waals surface area (Å²) in [5.41, 5.74) is 4.94. The molecule has 172 valence electrons. The predicted molar refractivity (Wildman–Crippen MR) is 128 cm³/mol. The number of hydrogen-bond acceptors (Lipinski definition) is 7. The molecule has 0 radical (unpaired) electrons. The maximum atomic E-state index is 13.3. The van der Waals surface area contributed by atoms with E-state index in [-0.39, 0.29) is 17.7 Å². The summed E-state index contributed by atoms with van der Waals surface area (Å²) in [5, 5.41) is 7.25. The van der Waals surface area contributed by atoms with Crippen LogP contribution < -0.4 is 20.9 Å². The van der Waals surface area contributed by atoms with Crippen LogP contribution in [0, 0.1) is 0 Å². The minimum atomic E-state index is -0.0631. The van der Waals surface area contributed by atoms with Gasteiger partial charge in [0.05, 0.1) is 11.7 Å². The van der Waals surface area contributed by atoms with E-state index in [1.54, 1.807) is 12.4 Å². The van der Waals surface area contributed by atoms with Crippen LogP contribution in [-0.4, -0.2) is 37.0 Å². The molecule has 0 atom stereocenters. The Balaban J connectivity index is 1.31. The van der Waals surface area contributed by atoms with Gasteiger partial charge in [-0.2, -0.15) is 4.98 Å². The molecule has 0 spiro atoms. The van der Waals surface area contributed by atoms with Crippen LogP contribution in [0.1, 0.15) is 42.9 Å². The third kappa shape index (κ3) is 3.52. The molecule has 3 aromatic heterocycles. The first kappa shape index (κ1) is 19.7. The molecule has 1 aliphatic heterocycles. The maximum Gasteiger partial charge on any atom is 0.278 e. The lowest BCUT2D eigenvalue weighted by molar-refractivity contribution is 0.291. The molecule has 9 nitrogen and oxygen atoms in total. The number of aromatic nitrogens is 5. The van der Waals surface area contributed by atoms with Gasteiger partial charge in [0.2, 0.25) is 11.8 Å². The minimum Gasteiger partial charge on any atom is -0.474 e. The van der Waals surface area contributed by atoms with E-state index in [9.17, 15) is 4.79 Å². The molecule has 2 fully saturated rings. The molecule has 0 amide bonds. The molecule has 9 heteroatoms. The van der Waals surface area contributed by atoms with Gasteiger partial charge in [0.1, 0.15) is 11.5 Å². The first-order chi connectivity index (χ1) is 16.7. The Morgan fingerprint density at radius 3 is 2.82 bits per heavy atom. The van der Waals surface area contributed by atoms with Crippen LogP contribution in [0.25, 0.3) is 16.7 Å². The van der Waals surface area contributed by atoms with Gasteiger partial charge in [-0.1, -0.05) is 6.07 Å². The zero-order chi connectivity index (χ0) is 22.6. The van der Waals surface area contributed by atoms with Gasteiger partial charge in [0, 0.05) is 30.7 Å². The van der Waals surface area contributed by atoms with Crippen molar-refractivity contribution in [1.82, 2.24) is 29.6 Å². The van der Waals surface area contributed by atoms with Crippen LogP contribution in [0.4, 0.5) is 11.6 Å². The number of rotatable bonds is 6. The second kappa shape index (κ2) is 7.66. The number of benzene rings is 1. The number of nitrogens with zero attached hydrogens (tertiary/aromatic N) is 5. The van der Waals surface area contributed by atoms with Crippen molar-refractivity contribution in [3.05, 3.63) is 64.2 Å². The largest absolute Gasteiger partial charge is 0.474 e. The topological polar surface area (TPSA) is 98.9 Å². The number of hydrogen-bond donors (Lipinski definition) is 2. The van der Waals surface area contributed by atoms with Gasteiger partial charge in [0.15, 0.2) is 5.65 Å². The molecule has 4 heterocycles. The molecular formula is C25H25N7O2. The molecule has 7 rings (SSSR count). The number of anilines is 2. The second-order valence-corrected chi connectivity index (χ2v) is 9.33. The molecule has 4 aromatic rings. The monoisotopic (exact) mass is 455 g/mol. The number of pyridine rings is 1. The smallest absolute Gasteiger partial charge is 0.278 e. The summed E-state index contributed by atoms with van der Waals surface area (Å²) in [6.45, 7) is 1.88. The molecule has 2 aliphatic carbocycles. The third-order valence-electron chi connectivity index (χ3n) is 6.64. The fourth-order valence-corrected chi connectivity index (χ4v) is 4.59. The van der Waals surface area contributed by atoms with E-state index in [1.165, 1.54) is 11.1 Å². The Kier molecular flexibility index (Phi) is 4.45. The van der Waals surface area contributed by atoms with Gasteiger partial charge in [-0.05, 0) is 68.0 Å². The van der Waals surface area contributed by atoms with Gasteiger partial charge in [-0.15, -0.1) is 0 Å². The summed E-state index contributed by atoms with van der Waals surface area (Å²) >= 11 is 0. The lowest BCUT2D eigenvalue weighted by Gasteiger charge is -2.18. The van der Waals surface area contributed by atoms with Gasteiger partial charge < -0.3 is 15.4 Å². The van der Waals surface area contributed by atoms with Gasteiger partial charge in [-0.3, -0.25) is 4.79 Å². The van der Waals surface area contributed by atoms with Crippen molar-refractivity contribution in [2.45, 2.75) is 50.8 Å². The summed E-state index contributed by atoms with van der Waals surface area (Å²) in [6.07, 6.45) is 8.70. The Bertz CT molecular complexity index is 1470. The second-order valence-electron chi connectivity index (χ2n) is 9.33. The van der Waals surface area contributed by atoms with Gasteiger partial charge in [0.25, 0.3) is 5.56 Å². The number of fused-ring (bicyclic) bond motifs is 2. The Morgan fingerprint density at radius 2 is 1.97 bits per heavy atom. The fourth-order valence-electron chi connectivity index (χ4n) is 4.59. The lowest BCUT2D eigenvalue weighted by Crippen LogP contribution is -2.23. The van der Waals surface area contributed by atoms with Crippen LogP contribution in [-0.2, 0) is 13.0 Å². The average Bonchev–Trinajstić information content (AvgIpc) is 3.79. The van der Waals surface area contributed by atoms with Gasteiger partial charge in [-0.25, -0.2) is 19.3 Å². The van der Waals surface area contributed by atoms with Crippen molar-refractivity contribution < 1.29 is 4.74 Å². The van der Waals surface area contributed by atoms with Crippen LogP contribution in [0.2, 0.25) is 0 Å². The Hall–Kier alpha value is -3.72. The van der Waals surface area contributed by atoms with E-state index in [2.05, 4.69) is 32.7 Å². The van der Waals surface area contributed by atoms with Crippen molar-refractivity contribution in [2.75, 3.05) is 11.9 Å². The molecule has 2 N–H and O–H groups in total. The SMILES string of the molecule is O=c1c2cnc(Nc3ccc4c(c3)CCNC4)nc2n(-c2ccnc(OC3CC3)c2)n1C1CC1. The number of ether oxygens (including phenoxy) is 1. The zero-order valence-electron chi connectivity index (χ0n) is 18.7. The highest BCUT2D eigenvalue weighted by Crippen LogP contribution is 2.36. The normalized spacial score (nSPS) is 17.5. The van der Waals surface area contributed by atoms with Crippen LogP contribution in [0.3, 0.4) is 0 Å². The quantitative estimate of drug-likeness (QED) is 0.460. The highest BCUT2D eigenvalue weighted by molar-refractivity contribution is 5.77. The van der Waals surface area contributed by atoms with Crippen molar-refractivity contribution in [3.63, 3.8) is 0 Å². The Labute approximate surface area is 195 Å². The van der Waals surface area contributed by atoms with Gasteiger partial charge >= 0.3 is 0 Å². The molecule has 0 unspecified atom stereocenters. The first-order valence-corrected chi connectivity index (χ1v) is 12.0. The van der Waals surface area contributed by atoms with E-state index < -0.39 is 0 Å². The average molecular weight is 456 g/mol. The number of nitrogens with one attached hydrogen (secondary N) is 2. The maximum absolute atomic E-state index is 13.3. The predicted octanol–water partition coefficient (Wildman–Crippen LogP) is 3.24. The zero-order valence-corrected chi connectivity index (χ0v) is 18.7. The van der Waals surface area contributed by atoms with Crippen molar-refractivity contribution in [1.29, 1.82) is 0 Å². The Morgan fingerprint density at radius 1 is 1.06 bits per heavy atom. The summed E-state index contributed by atoms with van der Waals surface area (Å²) in [6, 6.07) is 10.3. The first-order valence-electron chi connectivity index (χ1n) is 12.0. The molecule has 34 heavy (non-hydrogen) atoms. The summed E-state index contributed by atoms with van der Waals surface area (Å²) in [7, 11) is 0. The van der Waals surface area contributed by atoms with Crippen LogP contribution in [0.5, 0.6) is 5.88 Å². The molecule has 2 saturated carbocycles. The lowest BCUT2D eigenvalue weighted by atomic mass is 10.0. The van der Waals surface area contributed by atoms with E-state index in [0.29, 0.717) is 22.9 Å². The van der Waals surface area contributed by atoms with E-state index in [1.807, 2.05) is 27.6 Å². The molecular weight excluding hydrogens is 430 g/mol. The van der Waals surface area contributed by atoms with Crippen molar-refractivity contribution >= 4 is 22.7 Å². The fraction of sp³-hybridized carbons (Fsp3) is 0.360. The molecule has 0 bridgehead atoms. The highest BCUT2D eigenvalue weighted by atomic mass is 16.5. The van der Waals surface area contributed by atoms with Crippen molar-refractivity contribution in [2.24, 2.45) is 0 Å². The van der Waals surface area contributed by atoms with E-state index in [4.69, 9.17) is 9.72 Å². The standard InChI is InChI=1S/C25H25N7O2/c33-24-21-14-28-25(29-17-2-1-16-13-26-9-7-15(16)11-17)30-23(21)31(32(24)18-3-4-18)19-8-10-27-22(12-19)34-20-5-6-20/h1-2,8,10-12,14,18,20,26H,3-7,9,13H2,(H,28,29,30). The summed E-state index contributed by atoms with van der Waals surface area (Å²) in [5.74, 6) is 1.04. The van der Waals surface area contributed by atoms with Crippen LogP contribution >= 0.6 is 0 Å². The summed E-state index contributed by atoms with van der Waals surface area (Å²) < 4.78 is 9.62. The highest BCUT2D eigenvalue weighted by Gasteiger charge is 2.31. The third-order valence-corrected chi connectivity index (χ3v) is 6.64.